The second kappa shape index (κ2) is 6.46. The van der Waals surface area contributed by atoms with Gasteiger partial charge in [-0.1, -0.05) is 0 Å². The van der Waals surface area contributed by atoms with Crippen LogP contribution in [0.3, 0.4) is 0 Å². The Kier molecular flexibility index (Phi) is 5.23. The summed E-state index contributed by atoms with van der Waals surface area (Å²) in [7, 11) is 3.38. The van der Waals surface area contributed by atoms with Crippen LogP contribution in [-0.2, 0) is 9.53 Å². The maximum absolute atomic E-state index is 11.4. The van der Waals surface area contributed by atoms with Crippen LogP contribution >= 0.6 is 0 Å². The van der Waals surface area contributed by atoms with Crippen molar-refractivity contribution in [3.05, 3.63) is 0 Å². The zero-order chi connectivity index (χ0) is 12.0. The van der Waals surface area contributed by atoms with Crippen molar-refractivity contribution >= 4 is 5.91 Å². The number of nitriles is 1. The molecule has 1 N–H and O–H groups in total. The van der Waals surface area contributed by atoms with E-state index in [2.05, 4.69) is 11.4 Å². The molecular formula is C11H19N3O2. The van der Waals surface area contributed by atoms with Crippen molar-refractivity contribution in [1.29, 1.82) is 5.26 Å². The average Bonchev–Trinajstić information content (AvgIpc) is 2.76. The number of ether oxygens (including phenoxy) is 1. The molecule has 0 saturated carbocycles. The molecule has 0 aromatic carbocycles. The van der Waals surface area contributed by atoms with Crippen LogP contribution in [0.4, 0.5) is 0 Å². The maximum atomic E-state index is 11.4. The predicted molar refractivity (Wildman–Crippen MR) is 59.7 cm³/mol. The average molecular weight is 225 g/mol. The van der Waals surface area contributed by atoms with Crippen molar-refractivity contribution in [3.8, 4) is 6.07 Å². The zero-order valence-corrected chi connectivity index (χ0v) is 9.90. The molecule has 16 heavy (non-hydrogen) atoms. The van der Waals surface area contributed by atoms with Gasteiger partial charge in [0.15, 0.2) is 0 Å². The van der Waals surface area contributed by atoms with Crippen LogP contribution in [0.5, 0.6) is 0 Å². The molecule has 0 aliphatic carbocycles. The minimum atomic E-state index is -0.418. The molecule has 5 nitrogen and oxygen atoms in total. The molecule has 90 valence electrons. The minimum absolute atomic E-state index is 0.0357. The summed E-state index contributed by atoms with van der Waals surface area (Å²) in [5.41, 5.74) is 0. The zero-order valence-electron chi connectivity index (χ0n) is 9.90. The topological polar surface area (TPSA) is 65.4 Å². The van der Waals surface area contributed by atoms with Gasteiger partial charge in [0.05, 0.1) is 18.6 Å². The van der Waals surface area contributed by atoms with E-state index in [0.717, 1.165) is 19.4 Å². The third-order valence-electron chi connectivity index (χ3n) is 2.65. The van der Waals surface area contributed by atoms with Gasteiger partial charge in [0.2, 0.25) is 5.91 Å². The summed E-state index contributed by atoms with van der Waals surface area (Å²) in [6.45, 7) is 1.46. The van der Waals surface area contributed by atoms with Gasteiger partial charge in [0.25, 0.3) is 0 Å². The van der Waals surface area contributed by atoms with E-state index >= 15 is 0 Å². The Hall–Kier alpha value is -1.12. The van der Waals surface area contributed by atoms with Gasteiger partial charge in [0, 0.05) is 27.2 Å². The van der Waals surface area contributed by atoms with Gasteiger partial charge < -0.3 is 9.64 Å². The van der Waals surface area contributed by atoms with Crippen molar-refractivity contribution in [2.24, 2.45) is 0 Å². The third kappa shape index (κ3) is 4.17. The maximum Gasteiger partial charge on any atom is 0.224 e. The number of nitrogens with one attached hydrogen (secondary N) is 1. The summed E-state index contributed by atoms with van der Waals surface area (Å²) in [6, 6.07) is 1.68. The van der Waals surface area contributed by atoms with Crippen LogP contribution in [0.25, 0.3) is 0 Å². The van der Waals surface area contributed by atoms with E-state index in [0.29, 0.717) is 6.54 Å². The molecule has 1 rings (SSSR count). The van der Waals surface area contributed by atoms with Crippen LogP contribution < -0.4 is 5.32 Å². The standard InChI is InChI=1S/C11H19N3O2/c1-14(2)11(15)6-9(7-12)13-8-10-4-3-5-16-10/h9-10,13H,3-6,8H2,1-2H3. The van der Waals surface area contributed by atoms with E-state index in [9.17, 15) is 4.79 Å². The Balaban J connectivity index is 2.26. The molecule has 0 radical (unpaired) electrons. The Morgan fingerprint density at radius 2 is 2.44 bits per heavy atom. The number of hydrogen-bond donors (Lipinski definition) is 1. The van der Waals surface area contributed by atoms with E-state index in [1.165, 1.54) is 4.90 Å². The van der Waals surface area contributed by atoms with E-state index in [-0.39, 0.29) is 18.4 Å². The van der Waals surface area contributed by atoms with Crippen LogP contribution in [0.2, 0.25) is 0 Å². The lowest BCUT2D eigenvalue weighted by Crippen LogP contribution is -2.38. The number of amides is 1. The van der Waals surface area contributed by atoms with E-state index < -0.39 is 6.04 Å². The summed E-state index contributed by atoms with van der Waals surface area (Å²) < 4.78 is 5.43. The molecular weight excluding hydrogens is 206 g/mol. The molecule has 0 aromatic heterocycles. The molecule has 1 aliphatic heterocycles. The Labute approximate surface area is 96.4 Å². The molecule has 1 amide bonds. The van der Waals surface area contributed by atoms with Gasteiger partial charge >= 0.3 is 0 Å². The van der Waals surface area contributed by atoms with E-state index in [4.69, 9.17) is 10.00 Å². The number of carbonyl (C=O) groups is 1. The summed E-state index contributed by atoms with van der Waals surface area (Å²) in [4.78, 5) is 12.9. The number of rotatable bonds is 5. The molecule has 2 unspecified atom stereocenters. The molecule has 0 bridgehead atoms. The second-order valence-corrected chi connectivity index (χ2v) is 4.22. The second-order valence-electron chi connectivity index (χ2n) is 4.22. The highest BCUT2D eigenvalue weighted by atomic mass is 16.5. The highest BCUT2D eigenvalue weighted by Gasteiger charge is 2.19. The summed E-state index contributed by atoms with van der Waals surface area (Å²) in [5, 5.41) is 12.0. The quantitative estimate of drug-likeness (QED) is 0.722. The summed E-state index contributed by atoms with van der Waals surface area (Å²) in [6.07, 6.45) is 2.54. The monoisotopic (exact) mass is 225 g/mol. The number of hydrogen-bond acceptors (Lipinski definition) is 4. The fourth-order valence-corrected chi connectivity index (χ4v) is 1.60. The Morgan fingerprint density at radius 1 is 1.69 bits per heavy atom. The number of carbonyl (C=O) groups excluding carboxylic acids is 1. The first-order chi connectivity index (χ1) is 7.63. The van der Waals surface area contributed by atoms with Crippen molar-refractivity contribution in [2.75, 3.05) is 27.2 Å². The van der Waals surface area contributed by atoms with Crippen LogP contribution in [0.15, 0.2) is 0 Å². The first kappa shape index (κ1) is 12.9. The van der Waals surface area contributed by atoms with Gasteiger partial charge in [-0.25, -0.2) is 0 Å². The molecule has 5 heteroatoms. The molecule has 1 fully saturated rings. The first-order valence-corrected chi connectivity index (χ1v) is 5.58. The number of nitrogens with zero attached hydrogens (tertiary/aromatic N) is 2. The lowest BCUT2D eigenvalue weighted by molar-refractivity contribution is -0.128. The fourth-order valence-electron chi connectivity index (χ4n) is 1.60. The van der Waals surface area contributed by atoms with Crippen molar-refractivity contribution < 1.29 is 9.53 Å². The van der Waals surface area contributed by atoms with Gasteiger partial charge in [-0.05, 0) is 12.8 Å². The fraction of sp³-hybridized carbons (Fsp3) is 0.818. The van der Waals surface area contributed by atoms with Gasteiger partial charge in [0.1, 0.15) is 6.04 Å². The highest BCUT2D eigenvalue weighted by Crippen LogP contribution is 2.11. The van der Waals surface area contributed by atoms with Gasteiger partial charge in [-0.2, -0.15) is 5.26 Å². The molecule has 2 atom stereocenters. The molecule has 1 saturated heterocycles. The highest BCUT2D eigenvalue weighted by molar-refractivity contribution is 5.76. The third-order valence-corrected chi connectivity index (χ3v) is 2.65. The van der Waals surface area contributed by atoms with Crippen molar-refractivity contribution in [1.82, 2.24) is 10.2 Å². The van der Waals surface area contributed by atoms with Gasteiger partial charge in [-0.3, -0.25) is 10.1 Å². The Morgan fingerprint density at radius 3 is 2.94 bits per heavy atom. The first-order valence-electron chi connectivity index (χ1n) is 5.58. The summed E-state index contributed by atoms with van der Waals surface area (Å²) in [5.74, 6) is -0.0357. The van der Waals surface area contributed by atoms with Crippen LogP contribution in [0, 0.1) is 11.3 Å². The molecule has 1 heterocycles. The normalized spacial score (nSPS) is 21.4. The van der Waals surface area contributed by atoms with E-state index in [1.807, 2.05) is 0 Å². The molecule has 0 aromatic rings. The van der Waals surface area contributed by atoms with E-state index in [1.54, 1.807) is 14.1 Å². The van der Waals surface area contributed by atoms with Gasteiger partial charge in [-0.15, -0.1) is 0 Å². The lowest BCUT2D eigenvalue weighted by Gasteiger charge is -2.16. The SMILES string of the molecule is CN(C)C(=O)CC(C#N)NCC1CCCO1. The smallest absolute Gasteiger partial charge is 0.224 e. The van der Waals surface area contributed by atoms with Crippen LogP contribution in [-0.4, -0.2) is 50.2 Å². The minimum Gasteiger partial charge on any atom is -0.377 e. The van der Waals surface area contributed by atoms with Crippen LogP contribution in [0.1, 0.15) is 19.3 Å². The lowest BCUT2D eigenvalue weighted by atomic mass is 10.2. The Bertz CT molecular complexity index is 267. The largest absolute Gasteiger partial charge is 0.377 e. The van der Waals surface area contributed by atoms with Crippen molar-refractivity contribution in [2.45, 2.75) is 31.4 Å². The molecule has 0 spiro atoms. The van der Waals surface area contributed by atoms with Crippen molar-refractivity contribution in [3.63, 3.8) is 0 Å². The predicted octanol–water partition coefficient (Wildman–Crippen LogP) is 0.125. The molecule has 1 aliphatic rings. The summed E-state index contributed by atoms with van der Waals surface area (Å²) >= 11 is 0.